The molecule has 0 unspecified atom stereocenters. The number of hydrogen-bond donors (Lipinski definition) is 4. The predicted molar refractivity (Wildman–Crippen MR) is 154 cm³/mol. The van der Waals surface area contributed by atoms with E-state index in [1.165, 1.54) is 12.8 Å². The summed E-state index contributed by atoms with van der Waals surface area (Å²) in [5.41, 5.74) is 3.44. The Labute approximate surface area is 237 Å². The van der Waals surface area contributed by atoms with Crippen molar-refractivity contribution in [3.05, 3.63) is 42.0 Å². The average molecular weight is 589 g/mol. The first-order chi connectivity index (χ1) is 19.6. The summed E-state index contributed by atoms with van der Waals surface area (Å²) in [6.07, 6.45) is 4.02. The number of nitrogens with one attached hydrogen (secondary N) is 3. The van der Waals surface area contributed by atoms with Crippen LogP contribution < -0.4 is 19.8 Å². The number of aliphatic hydroxyl groups is 1. The van der Waals surface area contributed by atoms with Crippen LogP contribution in [-0.4, -0.2) is 73.9 Å². The Hall–Kier alpha value is -3.45. The molecule has 1 aliphatic carbocycles. The normalized spacial score (nSPS) is 19.9. The van der Waals surface area contributed by atoms with Gasteiger partial charge in [0.2, 0.25) is 16.0 Å². The maximum atomic E-state index is 13.7. The van der Waals surface area contributed by atoms with Gasteiger partial charge in [-0.2, -0.15) is 0 Å². The SMILES string of the molecule is O=C(Nc1cccc2[nH]c(N3CCC(F)(F)CC3)nc12)c1ccc(NS(=O)(=O)CCO)cc1N1CCC2(CC1)CC2. The molecule has 1 spiro atoms. The van der Waals surface area contributed by atoms with Crippen molar-refractivity contribution in [1.29, 1.82) is 0 Å². The number of aliphatic hydroxyl groups excluding tert-OH is 1. The lowest BCUT2D eigenvalue weighted by atomic mass is 9.93. The van der Waals surface area contributed by atoms with Crippen molar-refractivity contribution < 1.29 is 27.1 Å². The molecule has 41 heavy (non-hydrogen) atoms. The van der Waals surface area contributed by atoms with E-state index in [0.717, 1.165) is 25.9 Å². The van der Waals surface area contributed by atoms with Gasteiger partial charge < -0.3 is 25.2 Å². The number of alkyl halides is 2. The van der Waals surface area contributed by atoms with Crippen LogP contribution in [0.2, 0.25) is 0 Å². The summed E-state index contributed by atoms with van der Waals surface area (Å²) in [6, 6.07) is 10.2. The van der Waals surface area contributed by atoms with Crippen molar-refractivity contribution in [2.24, 2.45) is 5.41 Å². The molecule has 220 valence electrons. The van der Waals surface area contributed by atoms with Crippen LogP contribution in [0.1, 0.15) is 48.9 Å². The van der Waals surface area contributed by atoms with Crippen molar-refractivity contribution in [1.82, 2.24) is 9.97 Å². The number of fused-ring (bicyclic) bond motifs is 1. The van der Waals surface area contributed by atoms with E-state index in [2.05, 4.69) is 24.9 Å². The van der Waals surface area contributed by atoms with Crippen molar-refractivity contribution in [3.8, 4) is 0 Å². The number of hydrogen-bond acceptors (Lipinski definition) is 7. The molecule has 3 heterocycles. The number of sulfonamides is 1. The number of aromatic amines is 1. The number of nitrogens with zero attached hydrogens (tertiary/aromatic N) is 3. The molecular formula is C28H34F2N6O4S. The Morgan fingerprint density at radius 2 is 1.71 bits per heavy atom. The molecule has 1 amide bonds. The van der Waals surface area contributed by atoms with Gasteiger partial charge in [0.15, 0.2) is 0 Å². The Kier molecular flexibility index (Phi) is 7.05. The second-order valence-corrected chi connectivity index (χ2v) is 13.3. The Morgan fingerprint density at radius 3 is 2.39 bits per heavy atom. The molecule has 4 N–H and O–H groups in total. The molecule has 0 radical (unpaired) electrons. The smallest absolute Gasteiger partial charge is 0.257 e. The van der Waals surface area contributed by atoms with E-state index < -0.39 is 28.3 Å². The van der Waals surface area contributed by atoms with E-state index in [9.17, 15) is 22.0 Å². The topological polar surface area (TPSA) is 131 Å². The molecule has 2 saturated heterocycles. The fraction of sp³-hybridized carbons (Fsp3) is 0.500. The maximum absolute atomic E-state index is 13.7. The molecule has 3 aliphatic rings. The lowest BCUT2D eigenvalue weighted by Gasteiger charge is -2.35. The van der Waals surface area contributed by atoms with Crippen LogP contribution in [0.15, 0.2) is 36.4 Å². The first kappa shape index (κ1) is 27.7. The van der Waals surface area contributed by atoms with Crippen LogP contribution in [0, 0.1) is 5.41 Å². The largest absolute Gasteiger partial charge is 0.395 e. The Balaban J connectivity index is 1.27. The molecule has 0 bridgehead atoms. The second kappa shape index (κ2) is 10.4. The van der Waals surface area contributed by atoms with Gasteiger partial charge in [-0.3, -0.25) is 9.52 Å². The summed E-state index contributed by atoms with van der Waals surface area (Å²) >= 11 is 0. The molecule has 3 aromatic rings. The summed E-state index contributed by atoms with van der Waals surface area (Å²) in [5.74, 6) is -2.97. The highest BCUT2D eigenvalue weighted by atomic mass is 32.2. The number of H-pyrrole nitrogens is 1. The summed E-state index contributed by atoms with van der Waals surface area (Å²) in [6.45, 7) is 1.40. The van der Waals surface area contributed by atoms with Gasteiger partial charge in [-0.1, -0.05) is 6.07 Å². The third kappa shape index (κ3) is 5.96. The van der Waals surface area contributed by atoms with Crippen molar-refractivity contribution in [2.75, 3.05) is 58.4 Å². The van der Waals surface area contributed by atoms with Crippen LogP contribution in [0.3, 0.4) is 0 Å². The van der Waals surface area contributed by atoms with Gasteiger partial charge >= 0.3 is 0 Å². The molecule has 6 rings (SSSR count). The summed E-state index contributed by atoms with van der Waals surface area (Å²) in [7, 11) is -3.74. The summed E-state index contributed by atoms with van der Waals surface area (Å²) in [5, 5.41) is 12.1. The first-order valence-corrected chi connectivity index (χ1v) is 15.6. The number of benzene rings is 2. The van der Waals surface area contributed by atoms with E-state index in [-0.39, 0.29) is 31.8 Å². The molecule has 3 fully saturated rings. The summed E-state index contributed by atoms with van der Waals surface area (Å²) < 4.78 is 54.4. The molecule has 0 atom stereocenters. The number of aromatic nitrogens is 2. The van der Waals surface area contributed by atoms with Crippen LogP contribution in [0.5, 0.6) is 0 Å². The number of anilines is 4. The number of carbonyl (C=O) groups excluding carboxylic acids is 1. The zero-order valence-corrected chi connectivity index (χ0v) is 23.4. The number of imidazole rings is 1. The highest BCUT2D eigenvalue weighted by Gasteiger charge is 2.44. The van der Waals surface area contributed by atoms with Crippen molar-refractivity contribution in [3.63, 3.8) is 0 Å². The minimum atomic E-state index is -3.74. The third-order valence-electron chi connectivity index (χ3n) is 8.54. The van der Waals surface area contributed by atoms with E-state index in [0.29, 0.717) is 45.0 Å². The number of piperidine rings is 2. The van der Waals surface area contributed by atoms with Crippen LogP contribution >= 0.6 is 0 Å². The van der Waals surface area contributed by atoms with Gasteiger partial charge in [0, 0.05) is 39.0 Å². The van der Waals surface area contributed by atoms with E-state index in [1.54, 1.807) is 35.2 Å². The van der Waals surface area contributed by atoms with Gasteiger partial charge in [-0.15, -0.1) is 0 Å². The minimum Gasteiger partial charge on any atom is -0.395 e. The second-order valence-electron chi connectivity index (χ2n) is 11.4. The molecular weight excluding hydrogens is 554 g/mol. The van der Waals surface area contributed by atoms with Crippen LogP contribution in [0.25, 0.3) is 11.0 Å². The maximum Gasteiger partial charge on any atom is 0.257 e. The van der Waals surface area contributed by atoms with E-state index in [1.807, 2.05) is 6.07 Å². The molecule has 13 heteroatoms. The molecule has 2 aliphatic heterocycles. The summed E-state index contributed by atoms with van der Waals surface area (Å²) in [4.78, 5) is 25.4. The van der Waals surface area contributed by atoms with Gasteiger partial charge in [-0.25, -0.2) is 22.2 Å². The third-order valence-corrected chi connectivity index (χ3v) is 9.81. The fourth-order valence-electron chi connectivity index (χ4n) is 5.80. The lowest BCUT2D eigenvalue weighted by molar-refractivity contribution is -0.0222. The number of carbonyl (C=O) groups is 1. The van der Waals surface area contributed by atoms with Crippen molar-refractivity contribution >= 4 is 50.0 Å². The van der Waals surface area contributed by atoms with Gasteiger partial charge in [0.25, 0.3) is 11.8 Å². The van der Waals surface area contributed by atoms with E-state index >= 15 is 0 Å². The Bertz CT molecular complexity index is 1550. The van der Waals surface area contributed by atoms with Crippen LogP contribution in [-0.2, 0) is 10.0 Å². The number of halogens is 2. The number of rotatable bonds is 8. The first-order valence-electron chi connectivity index (χ1n) is 14.0. The molecule has 1 aromatic heterocycles. The number of para-hydroxylation sites is 1. The predicted octanol–water partition coefficient (Wildman–Crippen LogP) is 4.17. The quantitative estimate of drug-likeness (QED) is 0.311. The zero-order valence-electron chi connectivity index (χ0n) is 22.6. The van der Waals surface area contributed by atoms with Gasteiger partial charge in [0.1, 0.15) is 5.52 Å². The molecule has 2 aromatic carbocycles. The molecule has 10 nitrogen and oxygen atoms in total. The lowest BCUT2D eigenvalue weighted by Crippen LogP contribution is -2.39. The highest BCUT2D eigenvalue weighted by molar-refractivity contribution is 7.92. The van der Waals surface area contributed by atoms with E-state index in [4.69, 9.17) is 5.11 Å². The average Bonchev–Trinajstić information content (AvgIpc) is 3.53. The van der Waals surface area contributed by atoms with Crippen molar-refractivity contribution in [2.45, 2.75) is 44.4 Å². The Morgan fingerprint density at radius 1 is 1.00 bits per heavy atom. The van der Waals surface area contributed by atoms with Gasteiger partial charge in [0.05, 0.1) is 40.5 Å². The highest BCUT2D eigenvalue weighted by Crippen LogP contribution is 2.54. The monoisotopic (exact) mass is 588 g/mol. The van der Waals surface area contributed by atoms with Crippen LogP contribution in [0.4, 0.5) is 31.8 Å². The number of amides is 1. The van der Waals surface area contributed by atoms with Gasteiger partial charge in [-0.05, 0) is 61.4 Å². The molecule has 1 saturated carbocycles. The zero-order chi connectivity index (χ0) is 28.8. The fourth-order valence-corrected chi connectivity index (χ4v) is 6.63. The standard InChI is InChI=1S/C28H34F2N6O4S/c29-28(30)10-14-36(15-11-28)26-32-22-3-1-2-21(24(22)33-26)31-25(38)20-5-4-19(34-41(39,40)17-16-37)18-23(20)35-12-8-27(6-7-27)9-13-35/h1-5,18,34,37H,6-17H2,(H,31,38)(H,32,33). The minimum absolute atomic E-state index is 0.184.